The lowest BCUT2D eigenvalue weighted by atomic mass is 9.94. The third kappa shape index (κ3) is 2.32. The number of esters is 1. The molecule has 0 N–H and O–H groups in total. The van der Waals surface area contributed by atoms with E-state index in [-0.39, 0.29) is 11.4 Å². The molecule has 0 saturated heterocycles. The van der Waals surface area contributed by atoms with Crippen LogP contribution >= 0.6 is 11.6 Å². The molecule has 18 heavy (non-hydrogen) atoms. The summed E-state index contributed by atoms with van der Waals surface area (Å²) in [5, 5.41) is 0.670. The van der Waals surface area contributed by atoms with Gasteiger partial charge < -0.3 is 9.47 Å². The highest BCUT2D eigenvalue weighted by molar-refractivity contribution is 6.30. The first-order valence-electron chi connectivity index (χ1n) is 5.94. The van der Waals surface area contributed by atoms with Crippen molar-refractivity contribution in [2.75, 3.05) is 14.2 Å². The van der Waals surface area contributed by atoms with Gasteiger partial charge in [0.15, 0.2) is 0 Å². The summed E-state index contributed by atoms with van der Waals surface area (Å²) in [5.41, 5.74) is 1.60. The lowest BCUT2D eigenvalue weighted by Crippen LogP contribution is -2.20. The second-order valence-electron chi connectivity index (χ2n) is 4.86. The summed E-state index contributed by atoms with van der Waals surface area (Å²) in [6.45, 7) is 1.95. The summed E-state index contributed by atoms with van der Waals surface area (Å²) < 4.78 is 10.3. The molecular weight excluding hydrogens is 252 g/mol. The van der Waals surface area contributed by atoms with Crippen molar-refractivity contribution < 1.29 is 14.3 Å². The number of methoxy groups -OCH3 is 2. The molecule has 0 aliphatic heterocycles. The Morgan fingerprint density at radius 1 is 1.39 bits per heavy atom. The van der Waals surface area contributed by atoms with E-state index in [1.807, 2.05) is 19.1 Å². The fourth-order valence-electron chi connectivity index (χ4n) is 2.41. The van der Waals surface area contributed by atoms with Crippen molar-refractivity contribution in [1.82, 2.24) is 0 Å². The first-order chi connectivity index (χ1) is 8.52. The molecule has 0 unspecified atom stereocenters. The van der Waals surface area contributed by atoms with Gasteiger partial charge in [-0.3, -0.25) is 4.79 Å². The normalized spacial score (nSPS) is 16.2. The Balaban J connectivity index is 2.32. The monoisotopic (exact) mass is 268 g/mol. The van der Waals surface area contributed by atoms with Crippen LogP contribution in [-0.4, -0.2) is 20.2 Å². The maximum atomic E-state index is 11.8. The fourth-order valence-corrected chi connectivity index (χ4v) is 2.70. The Kier molecular flexibility index (Phi) is 3.53. The van der Waals surface area contributed by atoms with Gasteiger partial charge in [-0.1, -0.05) is 11.6 Å². The Labute approximate surface area is 112 Å². The molecule has 0 atom stereocenters. The lowest BCUT2D eigenvalue weighted by molar-refractivity contribution is -0.147. The number of benzene rings is 1. The molecule has 1 aliphatic carbocycles. The fraction of sp³-hybridized carbons (Fsp3) is 0.500. The topological polar surface area (TPSA) is 35.5 Å². The van der Waals surface area contributed by atoms with Crippen LogP contribution in [0, 0.1) is 12.3 Å². The summed E-state index contributed by atoms with van der Waals surface area (Å²) in [7, 11) is 3.07. The number of halogens is 1. The molecule has 0 radical (unpaired) electrons. The number of hydrogen-bond donors (Lipinski definition) is 0. The van der Waals surface area contributed by atoms with E-state index in [1.165, 1.54) is 7.11 Å². The van der Waals surface area contributed by atoms with Crippen molar-refractivity contribution in [3.63, 3.8) is 0 Å². The molecule has 1 saturated carbocycles. The van der Waals surface area contributed by atoms with Gasteiger partial charge in [-0.05, 0) is 49.4 Å². The van der Waals surface area contributed by atoms with Crippen LogP contribution in [0.25, 0.3) is 0 Å². The van der Waals surface area contributed by atoms with E-state index >= 15 is 0 Å². The quantitative estimate of drug-likeness (QED) is 0.787. The van der Waals surface area contributed by atoms with E-state index in [9.17, 15) is 4.79 Å². The minimum atomic E-state index is -0.362. The van der Waals surface area contributed by atoms with Gasteiger partial charge >= 0.3 is 5.97 Å². The van der Waals surface area contributed by atoms with Gasteiger partial charge in [0, 0.05) is 5.02 Å². The van der Waals surface area contributed by atoms with Gasteiger partial charge in [-0.2, -0.15) is 0 Å². The molecule has 0 spiro atoms. The predicted molar refractivity (Wildman–Crippen MR) is 70.1 cm³/mol. The van der Waals surface area contributed by atoms with Gasteiger partial charge in [0.1, 0.15) is 5.75 Å². The van der Waals surface area contributed by atoms with Crippen LogP contribution in [0.15, 0.2) is 12.1 Å². The molecule has 1 aromatic carbocycles. The van der Waals surface area contributed by atoms with Crippen molar-refractivity contribution in [1.29, 1.82) is 0 Å². The van der Waals surface area contributed by atoms with E-state index in [2.05, 4.69) is 0 Å². The highest BCUT2D eigenvalue weighted by atomic mass is 35.5. The molecule has 1 aromatic rings. The van der Waals surface area contributed by atoms with E-state index in [0.717, 1.165) is 29.7 Å². The molecule has 0 amide bonds. The van der Waals surface area contributed by atoms with Crippen LogP contribution < -0.4 is 4.74 Å². The Bertz CT molecular complexity index is 478. The average molecular weight is 269 g/mol. The summed E-state index contributed by atoms with van der Waals surface area (Å²) in [4.78, 5) is 11.8. The molecule has 3 nitrogen and oxygen atoms in total. The highest BCUT2D eigenvalue weighted by Gasteiger charge is 2.51. The average Bonchev–Trinajstić information content (AvgIpc) is 3.08. The Morgan fingerprint density at radius 3 is 2.56 bits per heavy atom. The van der Waals surface area contributed by atoms with Crippen molar-refractivity contribution >= 4 is 17.6 Å². The number of hydrogen-bond acceptors (Lipinski definition) is 3. The van der Waals surface area contributed by atoms with E-state index in [4.69, 9.17) is 21.1 Å². The minimum absolute atomic E-state index is 0.137. The standard InChI is InChI=1S/C14H17ClO3/c1-9-6-11(15)7-10(12(9)17-2)8-14(4-5-14)13(16)18-3/h6-7H,4-5,8H2,1-3H3. The van der Waals surface area contributed by atoms with Gasteiger partial charge in [0.25, 0.3) is 0 Å². The van der Waals surface area contributed by atoms with Crippen molar-refractivity contribution in [2.45, 2.75) is 26.2 Å². The predicted octanol–water partition coefficient (Wildman–Crippen LogP) is 3.15. The zero-order valence-corrected chi connectivity index (χ0v) is 11.6. The maximum absolute atomic E-state index is 11.8. The van der Waals surface area contributed by atoms with Crippen LogP contribution in [0.3, 0.4) is 0 Å². The number of carbonyl (C=O) groups excluding carboxylic acids is 1. The summed E-state index contributed by atoms with van der Waals surface area (Å²) in [6.07, 6.45) is 2.37. The zero-order chi connectivity index (χ0) is 13.3. The zero-order valence-electron chi connectivity index (χ0n) is 10.9. The van der Waals surface area contributed by atoms with Crippen LogP contribution in [0.5, 0.6) is 5.75 Å². The molecule has 0 aromatic heterocycles. The molecule has 0 heterocycles. The molecule has 0 bridgehead atoms. The summed E-state index contributed by atoms with van der Waals surface area (Å²) in [5.74, 6) is 0.678. The van der Waals surface area contributed by atoms with E-state index in [1.54, 1.807) is 7.11 Å². The first kappa shape index (κ1) is 13.2. The third-order valence-corrected chi connectivity index (χ3v) is 3.74. The van der Waals surface area contributed by atoms with E-state index < -0.39 is 0 Å². The SMILES string of the molecule is COC(=O)C1(Cc2cc(Cl)cc(C)c2OC)CC1. The molecular formula is C14H17ClO3. The van der Waals surface area contributed by atoms with E-state index in [0.29, 0.717) is 11.4 Å². The Morgan fingerprint density at radius 2 is 2.06 bits per heavy atom. The largest absolute Gasteiger partial charge is 0.496 e. The third-order valence-electron chi connectivity index (χ3n) is 3.52. The van der Waals surface area contributed by atoms with Crippen molar-refractivity contribution in [2.24, 2.45) is 5.41 Å². The van der Waals surface area contributed by atoms with Crippen LogP contribution in [-0.2, 0) is 16.0 Å². The molecule has 1 fully saturated rings. The number of aryl methyl sites for hydroxylation is 1. The minimum Gasteiger partial charge on any atom is -0.496 e. The highest BCUT2D eigenvalue weighted by Crippen LogP contribution is 2.50. The molecule has 1 aliphatic rings. The van der Waals surface area contributed by atoms with Gasteiger partial charge in [0.05, 0.1) is 19.6 Å². The van der Waals surface area contributed by atoms with Gasteiger partial charge in [-0.15, -0.1) is 0 Å². The van der Waals surface area contributed by atoms with Gasteiger partial charge in [-0.25, -0.2) is 0 Å². The second kappa shape index (κ2) is 4.81. The first-order valence-corrected chi connectivity index (χ1v) is 6.31. The van der Waals surface area contributed by atoms with Crippen LogP contribution in [0.2, 0.25) is 5.02 Å². The molecule has 98 valence electrons. The lowest BCUT2D eigenvalue weighted by Gasteiger charge is -2.17. The second-order valence-corrected chi connectivity index (χ2v) is 5.30. The maximum Gasteiger partial charge on any atom is 0.312 e. The number of ether oxygens (including phenoxy) is 2. The van der Waals surface area contributed by atoms with Crippen molar-refractivity contribution in [3.8, 4) is 5.75 Å². The number of rotatable bonds is 4. The number of carbonyl (C=O) groups is 1. The van der Waals surface area contributed by atoms with Gasteiger partial charge in [0.2, 0.25) is 0 Å². The van der Waals surface area contributed by atoms with Crippen LogP contribution in [0.1, 0.15) is 24.0 Å². The Hall–Kier alpha value is -1.22. The molecule has 4 heteroatoms. The van der Waals surface area contributed by atoms with Crippen LogP contribution in [0.4, 0.5) is 0 Å². The summed E-state index contributed by atoms with van der Waals surface area (Å²) >= 11 is 6.07. The van der Waals surface area contributed by atoms with Crippen molar-refractivity contribution in [3.05, 3.63) is 28.3 Å². The smallest absolute Gasteiger partial charge is 0.312 e. The molecule has 2 rings (SSSR count). The summed E-state index contributed by atoms with van der Waals surface area (Å²) in [6, 6.07) is 3.73.